The number of aromatic nitrogens is 2. The van der Waals surface area contributed by atoms with Gasteiger partial charge in [0.1, 0.15) is 6.04 Å². The Kier molecular flexibility index (Phi) is 4.36. The summed E-state index contributed by atoms with van der Waals surface area (Å²) in [5.74, 6) is 0.624. The summed E-state index contributed by atoms with van der Waals surface area (Å²) in [5, 5.41) is 4.01. The maximum absolute atomic E-state index is 12.0. The van der Waals surface area contributed by atoms with E-state index in [4.69, 9.17) is 27.7 Å². The zero-order chi connectivity index (χ0) is 15.7. The Morgan fingerprint density at radius 1 is 1.36 bits per heavy atom. The highest BCUT2D eigenvalue weighted by Gasteiger charge is 2.36. The van der Waals surface area contributed by atoms with Gasteiger partial charge in [-0.05, 0) is 19.8 Å². The molecule has 1 aliphatic rings. The number of amides is 1. The Morgan fingerprint density at radius 3 is 2.77 bits per heavy atom. The van der Waals surface area contributed by atoms with Gasteiger partial charge in [0.15, 0.2) is 4.84 Å². The van der Waals surface area contributed by atoms with Crippen molar-refractivity contribution in [2.45, 2.75) is 30.6 Å². The molecule has 1 saturated heterocycles. The lowest BCUT2D eigenvalue weighted by molar-refractivity contribution is -0.130. The van der Waals surface area contributed by atoms with Gasteiger partial charge < -0.3 is 9.42 Å². The Labute approximate surface area is 138 Å². The van der Waals surface area contributed by atoms with E-state index in [1.165, 1.54) is 0 Å². The molecule has 1 atom stereocenters. The first-order valence-electron chi connectivity index (χ1n) is 7.05. The Bertz CT molecular complexity index is 670. The molecule has 1 unspecified atom stereocenters. The van der Waals surface area contributed by atoms with E-state index < -0.39 is 4.84 Å². The Morgan fingerprint density at radius 2 is 2.09 bits per heavy atom. The third-order valence-electron chi connectivity index (χ3n) is 3.76. The molecule has 2 heterocycles. The first-order valence-corrected chi connectivity index (χ1v) is 7.93. The molecule has 0 bridgehead atoms. The molecule has 5 nitrogen and oxygen atoms in total. The molecule has 116 valence electrons. The van der Waals surface area contributed by atoms with Crippen molar-refractivity contribution in [3.63, 3.8) is 0 Å². The monoisotopic (exact) mass is 339 g/mol. The van der Waals surface area contributed by atoms with Crippen LogP contribution >= 0.6 is 23.2 Å². The zero-order valence-electron chi connectivity index (χ0n) is 12.0. The van der Waals surface area contributed by atoms with Crippen LogP contribution in [0.3, 0.4) is 0 Å². The van der Waals surface area contributed by atoms with E-state index in [9.17, 15) is 4.79 Å². The fourth-order valence-corrected chi connectivity index (χ4v) is 2.85. The number of carbonyl (C=O) groups excluding carboxylic acids is 1. The van der Waals surface area contributed by atoms with Gasteiger partial charge in [0.05, 0.1) is 0 Å². The summed E-state index contributed by atoms with van der Waals surface area (Å²) in [6, 6.07) is 7.61. The van der Waals surface area contributed by atoms with Crippen LogP contribution in [0.1, 0.15) is 30.3 Å². The minimum absolute atomic E-state index is 0.251. The average molecular weight is 340 g/mol. The largest absolute Gasteiger partial charge is 0.337 e. The highest BCUT2D eigenvalue weighted by molar-refractivity contribution is 6.53. The highest BCUT2D eigenvalue weighted by Crippen LogP contribution is 2.33. The van der Waals surface area contributed by atoms with Crippen molar-refractivity contribution < 1.29 is 9.32 Å². The lowest BCUT2D eigenvalue weighted by Gasteiger charge is -2.22. The number of aryl methyl sites for hydroxylation is 1. The molecule has 2 aromatic rings. The molecular formula is C15H15Cl2N3O2. The molecule has 0 radical (unpaired) electrons. The van der Waals surface area contributed by atoms with Crippen molar-refractivity contribution in [1.82, 2.24) is 15.0 Å². The van der Waals surface area contributed by atoms with Crippen molar-refractivity contribution >= 4 is 29.1 Å². The molecule has 3 rings (SSSR count). The molecule has 1 amide bonds. The minimum Gasteiger partial charge on any atom is -0.337 e. The maximum Gasteiger partial charge on any atom is 0.256 e. The number of hydrogen-bond donors (Lipinski definition) is 0. The van der Waals surface area contributed by atoms with E-state index in [0.29, 0.717) is 18.3 Å². The molecule has 0 aliphatic carbocycles. The second-order valence-electron chi connectivity index (χ2n) is 5.31. The zero-order valence-corrected chi connectivity index (χ0v) is 13.5. The molecule has 0 N–H and O–H groups in total. The van der Waals surface area contributed by atoms with E-state index in [0.717, 1.165) is 24.0 Å². The van der Waals surface area contributed by atoms with E-state index in [-0.39, 0.29) is 11.9 Å². The number of carbonyl (C=O) groups is 1. The molecule has 1 aromatic carbocycles. The van der Waals surface area contributed by atoms with Gasteiger partial charge in [-0.25, -0.2) is 0 Å². The number of likely N-dealkylation sites (tertiary alicyclic amines) is 1. The molecule has 1 aromatic heterocycles. The third-order valence-corrected chi connectivity index (χ3v) is 4.13. The van der Waals surface area contributed by atoms with Crippen LogP contribution in [0.15, 0.2) is 28.8 Å². The Hall–Kier alpha value is -1.59. The van der Waals surface area contributed by atoms with Crippen LogP contribution in [-0.4, -0.2) is 32.3 Å². The number of nitrogens with zero attached hydrogens (tertiary/aromatic N) is 3. The van der Waals surface area contributed by atoms with Crippen molar-refractivity contribution in [1.29, 1.82) is 0 Å². The maximum atomic E-state index is 12.0. The second kappa shape index (κ2) is 6.26. The van der Waals surface area contributed by atoms with Crippen LogP contribution in [0.25, 0.3) is 11.4 Å². The van der Waals surface area contributed by atoms with E-state index in [2.05, 4.69) is 10.1 Å². The van der Waals surface area contributed by atoms with Crippen LogP contribution in [0.4, 0.5) is 0 Å². The summed E-state index contributed by atoms with van der Waals surface area (Å²) in [6.07, 6.45) is 1.63. The summed E-state index contributed by atoms with van der Waals surface area (Å²) >= 11 is 11.4. The van der Waals surface area contributed by atoms with Gasteiger partial charge in [-0.2, -0.15) is 4.98 Å². The van der Waals surface area contributed by atoms with Crippen LogP contribution in [0.2, 0.25) is 0 Å². The lowest BCUT2D eigenvalue weighted by atomic mass is 10.1. The van der Waals surface area contributed by atoms with E-state index in [1.54, 1.807) is 4.90 Å². The summed E-state index contributed by atoms with van der Waals surface area (Å²) in [7, 11) is 0. The van der Waals surface area contributed by atoms with Crippen molar-refractivity contribution in [2.75, 3.05) is 6.54 Å². The highest BCUT2D eigenvalue weighted by atomic mass is 35.5. The van der Waals surface area contributed by atoms with Gasteiger partial charge in [-0.15, -0.1) is 0 Å². The van der Waals surface area contributed by atoms with Gasteiger partial charge >= 0.3 is 0 Å². The number of rotatable bonds is 3. The summed E-state index contributed by atoms with van der Waals surface area (Å²) < 4.78 is 5.35. The molecule has 1 fully saturated rings. The van der Waals surface area contributed by atoms with Gasteiger partial charge in [-0.1, -0.05) is 58.2 Å². The van der Waals surface area contributed by atoms with Crippen LogP contribution in [0.5, 0.6) is 0 Å². The SMILES string of the molecule is Cc1ccc(-c2noc(C3CCCN3C(=O)C(Cl)Cl)n2)cc1. The van der Waals surface area contributed by atoms with Crippen molar-refractivity contribution in [2.24, 2.45) is 0 Å². The standard InChI is InChI=1S/C15H15Cl2N3O2/c1-9-4-6-10(7-5-9)13-18-14(22-19-13)11-3-2-8-20(11)15(21)12(16)17/h4-7,11-12H,2-3,8H2,1H3. The first-order chi connectivity index (χ1) is 10.6. The van der Waals surface area contributed by atoms with Gasteiger partial charge in [0, 0.05) is 12.1 Å². The average Bonchev–Trinajstić information content (AvgIpc) is 3.15. The number of halogens is 2. The first kappa shape index (κ1) is 15.3. The molecule has 7 heteroatoms. The number of hydrogen-bond acceptors (Lipinski definition) is 4. The van der Waals surface area contributed by atoms with Crippen LogP contribution < -0.4 is 0 Å². The second-order valence-corrected chi connectivity index (χ2v) is 6.41. The van der Waals surface area contributed by atoms with Crippen molar-refractivity contribution in [3.05, 3.63) is 35.7 Å². The van der Waals surface area contributed by atoms with Gasteiger partial charge in [0.25, 0.3) is 5.91 Å². The normalized spacial score (nSPS) is 18.2. The number of alkyl halides is 2. The van der Waals surface area contributed by atoms with Crippen molar-refractivity contribution in [3.8, 4) is 11.4 Å². The smallest absolute Gasteiger partial charge is 0.256 e. The van der Waals surface area contributed by atoms with E-state index in [1.807, 2.05) is 31.2 Å². The predicted molar refractivity (Wildman–Crippen MR) is 83.7 cm³/mol. The van der Waals surface area contributed by atoms with Crippen LogP contribution in [-0.2, 0) is 4.79 Å². The molecule has 1 aliphatic heterocycles. The summed E-state index contributed by atoms with van der Waals surface area (Å²) in [6.45, 7) is 2.61. The molecule has 0 spiro atoms. The Balaban J connectivity index is 1.84. The number of benzene rings is 1. The summed E-state index contributed by atoms with van der Waals surface area (Å²) in [4.78, 5) is 17.0. The van der Waals surface area contributed by atoms with Gasteiger partial charge in [-0.3, -0.25) is 4.79 Å². The predicted octanol–water partition coefficient (Wildman–Crippen LogP) is 3.51. The lowest BCUT2D eigenvalue weighted by Crippen LogP contribution is -2.34. The van der Waals surface area contributed by atoms with Crippen LogP contribution in [0, 0.1) is 6.92 Å². The molecule has 0 saturated carbocycles. The fraction of sp³-hybridized carbons (Fsp3) is 0.400. The topological polar surface area (TPSA) is 59.2 Å². The summed E-state index contributed by atoms with van der Waals surface area (Å²) in [5.41, 5.74) is 2.04. The minimum atomic E-state index is -1.07. The molecule has 22 heavy (non-hydrogen) atoms. The molecular weight excluding hydrogens is 325 g/mol. The third kappa shape index (κ3) is 2.96. The van der Waals surface area contributed by atoms with Gasteiger partial charge in [0.2, 0.25) is 11.7 Å². The fourth-order valence-electron chi connectivity index (χ4n) is 2.60. The quantitative estimate of drug-likeness (QED) is 0.803. The van der Waals surface area contributed by atoms with E-state index >= 15 is 0 Å².